The van der Waals surface area contributed by atoms with Gasteiger partial charge in [-0.3, -0.25) is 4.79 Å². The summed E-state index contributed by atoms with van der Waals surface area (Å²) in [5.41, 5.74) is 0. The lowest BCUT2D eigenvalue weighted by atomic mass is 9.86. The fourth-order valence-electron chi connectivity index (χ4n) is 2.34. The number of halogens is 7. The fourth-order valence-corrected chi connectivity index (χ4v) is 2.34. The molecule has 0 radical (unpaired) electrons. The van der Waals surface area contributed by atoms with Crippen LogP contribution in [0.4, 0.5) is 30.7 Å². The predicted octanol–water partition coefficient (Wildman–Crippen LogP) is 4.72. The molecule has 0 bridgehead atoms. The van der Waals surface area contributed by atoms with Crippen LogP contribution in [-0.2, 0) is 9.53 Å². The lowest BCUT2D eigenvalue weighted by molar-refractivity contribution is -0.359. The van der Waals surface area contributed by atoms with Crippen LogP contribution in [0.3, 0.4) is 0 Å². The highest BCUT2D eigenvalue weighted by atomic mass is 19.4. The summed E-state index contributed by atoms with van der Waals surface area (Å²) in [5.74, 6) is -12.7. The van der Waals surface area contributed by atoms with Gasteiger partial charge in [0.1, 0.15) is 0 Å². The van der Waals surface area contributed by atoms with Crippen molar-refractivity contribution in [3.8, 4) is 0 Å². The molecule has 0 spiro atoms. The Balaban J connectivity index is 2.41. The smallest absolute Gasteiger partial charge is 0.459 e. The van der Waals surface area contributed by atoms with Gasteiger partial charge in [-0.2, -0.15) is 30.7 Å². The molecule has 1 aliphatic carbocycles. The standard InChI is InChI=1S/C13H17F7O2/c14-11(15,12(16,17)13(18,19)20)8-22-10(21)7-6-9-4-2-1-3-5-9/h9H,1-8H2. The van der Waals surface area contributed by atoms with E-state index in [1.807, 2.05) is 0 Å². The van der Waals surface area contributed by atoms with Gasteiger partial charge in [0.25, 0.3) is 0 Å². The summed E-state index contributed by atoms with van der Waals surface area (Å²) >= 11 is 0. The van der Waals surface area contributed by atoms with Crippen molar-refractivity contribution in [1.82, 2.24) is 0 Å². The van der Waals surface area contributed by atoms with Gasteiger partial charge in [0.2, 0.25) is 0 Å². The summed E-state index contributed by atoms with van der Waals surface area (Å²) in [6.45, 7) is -2.29. The number of ether oxygens (including phenoxy) is 1. The second kappa shape index (κ2) is 7.04. The molecular weight excluding hydrogens is 321 g/mol. The Bertz CT molecular complexity index is 373. The summed E-state index contributed by atoms with van der Waals surface area (Å²) in [7, 11) is 0. The van der Waals surface area contributed by atoms with Crippen LogP contribution in [0.25, 0.3) is 0 Å². The van der Waals surface area contributed by atoms with Gasteiger partial charge in [-0.05, 0) is 12.3 Å². The molecule has 1 rings (SSSR count). The zero-order valence-corrected chi connectivity index (χ0v) is 11.7. The van der Waals surface area contributed by atoms with Crippen LogP contribution in [0.15, 0.2) is 0 Å². The summed E-state index contributed by atoms with van der Waals surface area (Å²) in [6, 6.07) is 0. The average Bonchev–Trinajstić information content (AvgIpc) is 2.42. The Morgan fingerprint density at radius 3 is 2.00 bits per heavy atom. The number of esters is 1. The molecule has 1 fully saturated rings. The van der Waals surface area contributed by atoms with Crippen LogP contribution in [0.1, 0.15) is 44.9 Å². The van der Waals surface area contributed by atoms with Crippen LogP contribution < -0.4 is 0 Å². The Kier molecular flexibility index (Phi) is 6.09. The summed E-state index contributed by atoms with van der Waals surface area (Å²) in [5, 5.41) is 0. The maximum Gasteiger partial charge on any atom is 0.460 e. The number of carbonyl (C=O) groups is 1. The second-order valence-corrected chi connectivity index (χ2v) is 5.48. The minimum absolute atomic E-state index is 0.235. The quantitative estimate of drug-likeness (QED) is 0.517. The highest BCUT2D eigenvalue weighted by Crippen LogP contribution is 2.46. The van der Waals surface area contributed by atoms with E-state index in [1.54, 1.807) is 0 Å². The summed E-state index contributed by atoms with van der Waals surface area (Å²) in [6.07, 6.45) is -1.47. The molecule has 0 aromatic carbocycles. The highest BCUT2D eigenvalue weighted by molar-refractivity contribution is 5.69. The van der Waals surface area contributed by atoms with E-state index in [1.165, 1.54) is 0 Å². The third-order valence-electron chi connectivity index (χ3n) is 3.71. The van der Waals surface area contributed by atoms with Gasteiger partial charge in [0.05, 0.1) is 0 Å². The van der Waals surface area contributed by atoms with Crippen molar-refractivity contribution in [2.45, 2.75) is 63.0 Å². The molecule has 0 saturated heterocycles. The number of alkyl halides is 7. The van der Waals surface area contributed by atoms with Gasteiger partial charge in [-0.1, -0.05) is 32.1 Å². The van der Waals surface area contributed by atoms with Crippen molar-refractivity contribution in [2.75, 3.05) is 6.61 Å². The predicted molar refractivity (Wildman–Crippen MR) is 62.7 cm³/mol. The van der Waals surface area contributed by atoms with Gasteiger partial charge in [-0.25, -0.2) is 0 Å². The van der Waals surface area contributed by atoms with E-state index in [0.29, 0.717) is 6.42 Å². The van der Waals surface area contributed by atoms with Crippen LogP contribution in [0.5, 0.6) is 0 Å². The first-order valence-corrected chi connectivity index (χ1v) is 6.95. The first kappa shape index (κ1) is 19.0. The van der Waals surface area contributed by atoms with E-state index in [0.717, 1.165) is 32.1 Å². The fraction of sp³-hybridized carbons (Fsp3) is 0.923. The molecule has 22 heavy (non-hydrogen) atoms. The zero-order valence-electron chi connectivity index (χ0n) is 11.7. The van der Waals surface area contributed by atoms with E-state index in [-0.39, 0.29) is 12.3 Å². The van der Waals surface area contributed by atoms with E-state index < -0.39 is 30.6 Å². The number of hydrogen-bond acceptors (Lipinski definition) is 2. The van der Waals surface area contributed by atoms with Crippen LogP contribution in [-0.4, -0.2) is 30.6 Å². The Hall–Kier alpha value is -1.02. The van der Waals surface area contributed by atoms with Crippen molar-refractivity contribution >= 4 is 5.97 Å². The largest absolute Gasteiger partial charge is 0.460 e. The van der Waals surface area contributed by atoms with Crippen LogP contribution in [0, 0.1) is 5.92 Å². The van der Waals surface area contributed by atoms with Crippen molar-refractivity contribution in [3.05, 3.63) is 0 Å². The molecule has 0 aliphatic heterocycles. The minimum Gasteiger partial charge on any atom is -0.459 e. The number of carbonyl (C=O) groups excluding carboxylic acids is 1. The first-order valence-electron chi connectivity index (χ1n) is 6.95. The average molecular weight is 338 g/mol. The number of hydrogen-bond donors (Lipinski definition) is 0. The molecule has 0 heterocycles. The second-order valence-electron chi connectivity index (χ2n) is 5.48. The molecule has 2 nitrogen and oxygen atoms in total. The van der Waals surface area contributed by atoms with Gasteiger partial charge in [0.15, 0.2) is 6.61 Å². The molecule has 1 saturated carbocycles. The van der Waals surface area contributed by atoms with E-state index in [4.69, 9.17) is 0 Å². The highest BCUT2D eigenvalue weighted by Gasteiger charge is 2.73. The molecule has 0 unspecified atom stereocenters. The molecule has 0 atom stereocenters. The van der Waals surface area contributed by atoms with Gasteiger partial charge in [0, 0.05) is 6.42 Å². The molecule has 0 aromatic rings. The van der Waals surface area contributed by atoms with E-state index in [2.05, 4.69) is 4.74 Å². The third kappa shape index (κ3) is 4.74. The maximum absolute atomic E-state index is 12.9. The molecule has 1 aliphatic rings. The Labute approximate surface area is 123 Å². The minimum atomic E-state index is -6.41. The molecular formula is C13H17F7O2. The van der Waals surface area contributed by atoms with Crippen molar-refractivity contribution in [2.24, 2.45) is 5.92 Å². The molecule has 0 aromatic heterocycles. The van der Waals surface area contributed by atoms with Crippen molar-refractivity contribution in [3.63, 3.8) is 0 Å². The molecule has 0 N–H and O–H groups in total. The van der Waals surface area contributed by atoms with Gasteiger partial charge < -0.3 is 4.74 Å². The Morgan fingerprint density at radius 2 is 1.50 bits per heavy atom. The summed E-state index contributed by atoms with van der Waals surface area (Å²) in [4.78, 5) is 11.2. The first-order chi connectivity index (χ1) is 9.97. The van der Waals surface area contributed by atoms with Crippen LogP contribution in [0.2, 0.25) is 0 Å². The Morgan fingerprint density at radius 1 is 0.955 bits per heavy atom. The van der Waals surface area contributed by atoms with Gasteiger partial charge >= 0.3 is 24.0 Å². The SMILES string of the molecule is O=C(CCC1CCCCC1)OCC(F)(F)C(F)(F)C(F)(F)F. The maximum atomic E-state index is 12.9. The topological polar surface area (TPSA) is 26.3 Å². The number of rotatable bonds is 6. The van der Waals surface area contributed by atoms with Crippen molar-refractivity contribution < 1.29 is 40.3 Å². The summed E-state index contributed by atoms with van der Waals surface area (Å²) < 4.78 is 90.5. The van der Waals surface area contributed by atoms with Crippen LogP contribution >= 0.6 is 0 Å². The normalized spacial score (nSPS) is 18.3. The zero-order chi connectivity index (χ0) is 17.0. The lowest BCUT2D eigenvalue weighted by Crippen LogP contribution is -2.54. The third-order valence-corrected chi connectivity index (χ3v) is 3.71. The van der Waals surface area contributed by atoms with Crippen molar-refractivity contribution in [1.29, 1.82) is 0 Å². The lowest BCUT2D eigenvalue weighted by Gasteiger charge is -2.27. The molecule has 130 valence electrons. The molecule has 9 heteroatoms. The molecule has 0 amide bonds. The van der Waals surface area contributed by atoms with E-state index in [9.17, 15) is 35.5 Å². The monoisotopic (exact) mass is 338 g/mol. The van der Waals surface area contributed by atoms with Gasteiger partial charge in [-0.15, -0.1) is 0 Å². The van der Waals surface area contributed by atoms with E-state index >= 15 is 0 Å².